The molecular formula is C23H19ClF4N2O4S. The molecule has 12 heteroatoms. The number of sulfonamides is 1. The van der Waals surface area contributed by atoms with E-state index in [4.69, 9.17) is 16.3 Å². The molecule has 3 rings (SSSR count). The number of hydrogen-bond donors (Lipinski definition) is 2. The molecule has 1 atom stereocenters. The summed E-state index contributed by atoms with van der Waals surface area (Å²) in [7, 11) is -4.23. The monoisotopic (exact) mass is 530 g/mol. The molecule has 0 bridgehead atoms. The van der Waals surface area contributed by atoms with Gasteiger partial charge in [-0.1, -0.05) is 18.5 Å². The zero-order valence-electron chi connectivity index (χ0n) is 18.1. The zero-order valence-corrected chi connectivity index (χ0v) is 19.6. The molecule has 3 aromatic rings. The van der Waals surface area contributed by atoms with E-state index in [1.54, 1.807) is 6.92 Å². The minimum atomic E-state index is -4.75. The first-order valence-corrected chi connectivity index (χ1v) is 12.0. The van der Waals surface area contributed by atoms with Crippen LogP contribution in [0.3, 0.4) is 0 Å². The molecule has 0 spiro atoms. The Morgan fingerprint density at radius 3 is 2.17 bits per heavy atom. The van der Waals surface area contributed by atoms with Crippen molar-refractivity contribution in [3.8, 4) is 5.75 Å². The maximum atomic E-state index is 13.0. The second-order valence-electron chi connectivity index (χ2n) is 7.28. The van der Waals surface area contributed by atoms with Gasteiger partial charge in [0.2, 0.25) is 0 Å². The molecule has 0 aliphatic carbocycles. The number of benzene rings is 3. The van der Waals surface area contributed by atoms with Gasteiger partial charge in [-0.3, -0.25) is 9.52 Å². The summed E-state index contributed by atoms with van der Waals surface area (Å²) >= 11 is 5.56. The van der Waals surface area contributed by atoms with Crippen molar-refractivity contribution in [2.75, 3.05) is 10.0 Å². The second-order valence-corrected chi connectivity index (χ2v) is 9.37. The number of hydrogen-bond acceptors (Lipinski definition) is 4. The summed E-state index contributed by atoms with van der Waals surface area (Å²) in [6.45, 7) is 1.72. The lowest BCUT2D eigenvalue weighted by atomic mass is 10.2. The van der Waals surface area contributed by atoms with E-state index in [-0.39, 0.29) is 16.3 Å². The van der Waals surface area contributed by atoms with Crippen molar-refractivity contribution < 1.29 is 35.5 Å². The van der Waals surface area contributed by atoms with E-state index >= 15 is 0 Å². The second kappa shape index (κ2) is 10.5. The minimum absolute atomic E-state index is 0.242. The summed E-state index contributed by atoms with van der Waals surface area (Å²) in [5.74, 6) is -0.653. The van der Waals surface area contributed by atoms with Crippen molar-refractivity contribution in [2.24, 2.45) is 0 Å². The lowest BCUT2D eigenvalue weighted by Gasteiger charge is -2.17. The number of carbonyl (C=O) groups is 1. The molecule has 1 amide bonds. The lowest BCUT2D eigenvalue weighted by Crippen LogP contribution is -2.32. The molecule has 0 saturated heterocycles. The summed E-state index contributed by atoms with van der Waals surface area (Å²) in [4.78, 5) is 12.3. The number of carbonyl (C=O) groups excluding carboxylic acids is 1. The quantitative estimate of drug-likeness (QED) is 0.345. The van der Waals surface area contributed by atoms with Crippen LogP contribution in [0, 0.1) is 5.82 Å². The Balaban J connectivity index is 1.69. The van der Waals surface area contributed by atoms with Gasteiger partial charge in [0.1, 0.15) is 11.6 Å². The van der Waals surface area contributed by atoms with Crippen molar-refractivity contribution in [2.45, 2.75) is 30.5 Å². The third-order valence-electron chi connectivity index (χ3n) is 4.71. The molecule has 0 aromatic heterocycles. The zero-order chi connectivity index (χ0) is 25.8. The Morgan fingerprint density at radius 2 is 1.60 bits per heavy atom. The Hall–Kier alpha value is -3.31. The van der Waals surface area contributed by atoms with Crippen LogP contribution in [0.5, 0.6) is 5.75 Å². The highest BCUT2D eigenvalue weighted by molar-refractivity contribution is 7.92. The van der Waals surface area contributed by atoms with Crippen LogP contribution in [0.15, 0.2) is 71.6 Å². The van der Waals surface area contributed by atoms with Crippen LogP contribution >= 0.6 is 11.6 Å². The fraction of sp³-hybridized carbons (Fsp3) is 0.174. The van der Waals surface area contributed by atoms with Gasteiger partial charge in [0.25, 0.3) is 15.9 Å². The first-order valence-electron chi connectivity index (χ1n) is 10.1. The molecule has 0 heterocycles. The summed E-state index contributed by atoms with van der Waals surface area (Å²) < 4.78 is 85.0. The van der Waals surface area contributed by atoms with E-state index in [2.05, 4.69) is 10.0 Å². The molecule has 0 aliphatic rings. The maximum absolute atomic E-state index is 13.0. The van der Waals surface area contributed by atoms with E-state index in [1.165, 1.54) is 48.5 Å². The van der Waals surface area contributed by atoms with E-state index in [0.717, 1.165) is 12.1 Å². The van der Waals surface area contributed by atoms with Crippen molar-refractivity contribution >= 4 is 38.9 Å². The van der Waals surface area contributed by atoms with E-state index in [0.29, 0.717) is 18.2 Å². The molecular weight excluding hydrogens is 512 g/mol. The molecule has 6 nitrogen and oxygen atoms in total. The fourth-order valence-electron chi connectivity index (χ4n) is 2.96. The van der Waals surface area contributed by atoms with Gasteiger partial charge in [-0.15, -0.1) is 0 Å². The van der Waals surface area contributed by atoms with Crippen LogP contribution in [0.1, 0.15) is 18.9 Å². The van der Waals surface area contributed by atoms with Crippen LogP contribution in [0.25, 0.3) is 0 Å². The Bertz CT molecular complexity index is 1300. The van der Waals surface area contributed by atoms with Crippen molar-refractivity contribution in [1.29, 1.82) is 0 Å². The van der Waals surface area contributed by atoms with Crippen LogP contribution in [-0.2, 0) is 21.0 Å². The third kappa shape index (κ3) is 6.86. The topological polar surface area (TPSA) is 84.5 Å². The van der Waals surface area contributed by atoms with Gasteiger partial charge in [-0.05, 0) is 73.2 Å². The van der Waals surface area contributed by atoms with Crippen molar-refractivity contribution in [3.05, 3.63) is 83.1 Å². The normalized spacial score (nSPS) is 12.6. The number of amides is 1. The first kappa shape index (κ1) is 26.3. The molecule has 35 heavy (non-hydrogen) atoms. The molecule has 0 saturated carbocycles. The fourth-order valence-corrected chi connectivity index (χ4v) is 4.23. The maximum Gasteiger partial charge on any atom is 0.417 e. The average molecular weight is 531 g/mol. The number of anilines is 2. The Kier molecular flexibility index (Phi) is 7.91. The summed E-state index contributed by atoms with van der Waals surface area (Å²) in [6.07, 6.45) is -5.34. The molecule has 0 radical (unpaired) electrons. The number of ether oxygens (including phenoxy) is 1. The average Bonchev–Trinajstić information content (AvgIpc) is 2.79. The van der Waals surface area contributed by atoms with Crippen molar-refractivity contribution in [1.82, 2.24) is 0 Å². The number of nitrogens with one attached hydrogen (secondary N) is 2. The van der Waals surface area contributed by atoms with Crippen LogP contribution in [0.4, 0.5) is 28.9 Å². The molecule has 2 N–H and O–H groups in total. The smallest absolute Gasteiger partial charge is 0.417 e. The Morgan fingerprint density at radius 1 is 1.00 bits per heavy atom. The molecule has 3 aromatic carbocycles. The highest BCUT2D eigenvalue weighted by Gasteiger charge is 2.33. The van der Waals surface area contributed by atoms with Gasteiger partial charge in [0.05, 0.1) is 15.5 Å². The van der Waals surface area contributed by atoms with E-state index < -0.39 is 44.6 Å². The minimum Gasteiger partial charge on any atom is -0.481 e. The predicted molar refractivity (Wildman–Crippen MR) is 123 cm³/mol. The van der Waals surface area contributed by atoms with Crippen molar-refractivity contribution in [3.63, 3.8) is 0 Å². The predicted octanol–water partition coefficient (Wildman–Crippen LogP) is 6.09. The molecule has 186 valence electrons. The van der Waals surface area contributed by atoms with Gasteiger partial charge in [0, 0.05) is 11.4 Å². The highest BCUT2D eigenvalue weighted by atomic mass is 35.5. The molecule has 1 unspecified atom stereocenters. The summed E-state index contributed by atoms with van der Waals surface area (Å²) in [6, 6.07) is 12.8. The summed E-state index contributed by atoms with van der Waals surface area (Å²) in [5.41, 5.74) is -1.23. The Labute approximate surface area is 203 Å². The standard InChI is InChI=1S/C23H19ClF4N2O4S/c1-2-21(34-17-8-3-14(25)4-9-17)22(31)29-15-5-10-18(11-6-15)35(32,33)30-16-7-12-20(24)19(13-16)23(26,27)28/h3-13,21,30H,2H2,1H3,(H,29,31). The third-order valence-corrected chi connectivity index (χ3v) is 6.44. The largest absolute Gasteiger partial charge is 0.481 e. The molecule has 0 aliphatic heterocycles. The van der Waals surface area contributed by atoms with Crippen LogP contribution < -0.4 is 14.8 Å². The van der Waals surface area contributed by atoms with E-state index in [1.807, 2.05) is 0 Å². The number of halogens is 5. The van der Waals surface area contributed by atoms with Gasteiger partial charge < -0.3 is 10.1 Å². The van der Waals surface area contributed by atoms with Gasteiger partial charge in [0.15, 0.2) is 6.10 Å². The lowest BCUT2D eigenvalue weighted by molar-refractivity contribution is -0.137. The number of alkyl halides is 3. The summed E-state index contributed by atoms with van der Waals surface area (Å²) in [5, 5.41) is 2.03. The highest BCUT2D eigenvalue weighted by Crippen LogP contribution is 2.36. The SMILES string of the molecule is CCC(Oc1ccc(F)cc1)C(=O)Nc1ccc(S(=O)(=O)Nc2ccc(Cl)c(C(F)(F)F)c2)cc1. The number of rotatable bonds is 8. The van der Waals surface area contributed by atoms with Crippen LogP contribution in [-0.4, -0.2) is 20.4 Å². The van der Waals surface area contributed by atoms with Crippen LogP contribution in [0.2, 0.25) is 5.02 Å². The molecule has 0 fully saturated rings. The van der Waals surface area contributed by atoms with Gasteiger partial charge in [-0.2, -0.15) is 13.2 Å². The van der Waals surface area contributed by atoms with Gasteiger partial charge in [-0.25, -0.2) is 12.8 Å². The van der Waals surface area contributed by atoms with E-state index in [9.17, 15) is 30.8 Å². The first-order chi connectivity index (χ1) is 16.4. The van der Waals surface area contributed by atoms with Gasteiger partial charge >= 0.3 is 6.18 Å².